The number of hydrogen-bond acceptors (Lipinski definition) is 5. The number of carbonyl (C=O) groups is 2. The minimum Gasteiger partial charge on any atom is -0.369 e. The van der Waals surface area contributed by atoms with Crippen LogP contribution in [0.2, 0.25) is 0 Å². The maximum absolute atomic E-state index is 12.5. The summed E-state index contributed by atoms with van der Waals surface area (Å²) in [5, 5.41) is 5.07. The molecule has 1 aliphatic rings. The maximum atomic E-state index is 12.5. The van der Waals surface area contributed by atoms with E-state index in [1.165, 1.54) is 22.5 Å². The van der Waals surface area contributed by atoms with Crippen molar-refractivity contribution in [3.63, 3.8) is 0 Å². The van der Waals surface area contributed by atoms with Gasteiger partial charge in [0.25, 0.3) is 0 Å². The topological polar surface area (TPSA) is 88.3 Å². The highest BCUT2D eigenvalue weighted by atomic mass is 32.1. The van der Waals surface area contributed by atoms with E-state index >= 15 is 0 Å². The summed E-state index contributed by atoms with van der Waals surface area (Å²) in [6, 6.07) is 8.09. The Hall–Kier alpha value is -2.25. The van der Waals surface area contributed by atoms with E-state index in [0.29, 0.717) is 10.8 Å². The van der Waals surface area contributed by atoms with Gasteiger partial charge in [-0.25, -0.2) is 4.98 Å². The Morgan fingerprint density at radius 3 is 2.88 bits per heavy atom. The monoisotopic (exact) mass is 344 g/mol. The molecule has 1 aromatic carbocycles. The highest BCUT2D eigenvalue weighted by Crippen LogP contribution is 2.21. The van der Waals surface area contributed by atoms with Crippen molar-refractivity contribution in [1.29, 1.82) is 0 Å². The predicted octanol–water partition coefficient (Wildman–Crippen LogP) is 1.56. The zero-order valence-electron chi connectivity index (χ0n) is 13.5. The Kier molecular flexibility index (Phi) is 4.92. The Bertz CT molecular complexity index is 759. The van der Waals surface area contributed by atoms with Gasteiger partial charge in [-0.05, 0) is 24.5 Å². The van der Waals surface area contributed by atoms with Gasteiger partial charge in [0, 0.05) is 18.5 Å². The summed E-state index contributed by atoms with van der Waals surface area (Å²) in [7, 11) is 0. The van der Waals surface area contributed by atoms with Crippen molar-refractivity contribution in [3.8, 4) is 0 Å². The molecule has 1 aromatic heterocycles. The second-order valence-electron chi connectivity index (χ2n) is 5.94. The average Bonchev–Trinajstić information content (AvgIpc) is 2.99. The van der Waals surface area contributed by atoms with E-state index in [1.807, 2.05) is 13.0 Å². The van der Waals surface area contributed by atoms with Crippen LogP contribution in [-0.2, 0) is 29.0 Å². The Balaban J connectivity index is 1.61. The summed E-state index contributed by atoms with van der Waals surface area (Å²) < 4.78 is 0. The second kappa shape index (κ2) is 7.11. The number of anilines is 1. The van der Waals surface area contributed by atoms with Gasteiger partial charge >= 0.3 is 0 Å². The van der Waals surface area contributed by atoms with E-state index < -0.39 is 5.91 Å². The van der Waals surface area contributed by atoms with Gasteiger partial charge < -0.3 is 11.1 Å². The third-order valence-electron chi connectivity index (χ3n) is 4.22. The number of primary amides is 1. The molecule has 24 heavy (non-hydrogen) atoms. The Morgan fingerprint density at radius 2 is 2.12 bits per heavy atom. The Morgan fingerprint density at radius 1 is 1.38 bits per heavy atom. The molecule has 7 heteroatoms. The number of rotatable bonds is 5. The molecule has 0 spiro atoms. The van der Waals surface area contributed by atoms with E-state index in [0.717, 1.165) is 19.5 Å². The number of aromatic nitrogens is 1. The molecule has 2 amide bonds. The van der Waals surface area contributed by atoms with Crippen molar-refractivity contribution in [3.05, 3.63) is 46.5 Å². The van der Waals surface area contributed by atoms with Gasteiger partial charge in [-0.15, -0.1) is 11.3 Å². The molecule has 2 heterocycles. The summed E-state index contributed by atoms with van der Waals surface area (Å²) in [5.74, 6) is -0.520. The van der Waals surface area contributed by atoms with E-state index in [-0.39, 0.29) is 18.4 Å². The molecule has 0 radical (unpaired) electrons. The standard InChI is InChI=1S/C17H20N4O2S/c1-11(21-7-6-12-4-2-3-5-13(12)9-21)16(23)20-17-19-14(10-24-17)8-15(18)22/h2-5,10-11H,6-9H2,1H3,(H2,18,22)(H,19,20,23). The van der Waals surface area contributed by atoms with Gasteiger partial charge in [-0.1, -0.05) is 24.3 Å². The van der Waals surface area contributed by atoms with Crippen molar-refractivity contribution in [2.45, 2.75) is 32.4 Å². The van der Waals surface area contributed by atoms with Crippen LogP contribution >= 0.6 is 11.3 Å². The summed E-state index contributed by atoms with van der Waals surface area (Å²) >= 11 is 1.30. The van der Waals surface area contributed by atoms with Crippen LogP contribution in [0.1, 0.15) is 23.7 Å². The molecule has 0 aliphatic carbocycles. The largest absolute Gasteiger partial charge is 0.369 e. The Labute approximate surface area is 144 Å². The van der Waals surface area contributed by atoms with Crippen molar-refractivity contribution in [1.82, 2.24) is 9.88 Å². The van der Waals surface area contributed by atoms with Crippen LogP contribution < -0.4 is 11.1 Å². The number of benzene rings is 1. The first-order valence-corrected chi connectivity index (χ1v) is 8.75. The van der Waals surface area contributed by atoms with Gasteiger partial charge in [-0.3, -0.25) is 14.5 Å². The number of carbonyl (C=O) groups excluding carboxylic acids is 2. The van der Waals surface area contributed by atoms with Gasteiger partial charge in [0.1, 0.15) is 0 Å². The van der Waals surface area contributed by atoms with Gasteiger partial charge in [0.15, 0.2) is 5.13 Å². The number of nitrogens with zero attached hydrogens (tertiary/aromatic N) is 2. The lowest BCUT2D eigenvalue weighted by atomic mass is 9.99. The number of fused-ring (bicyclic) bond motifs is 1. The summed E-state index contributed by atoms with van der Waals surface area (Å²) in [6.45, 7) is 3.53. The molecular weight excluding hydrogens is 324 g/mol. The summed E-state index contributed by atoms with van der Waals surface area (Å²) in [5.41, 5.74) is 8.37. The molecule has 6 nitrogen and oxygen atoms in total. The van der Waals surface area contributed by atoms with Crippen molar-refractivity contribution in [2.75, 3.05) is 11.9 Å². The highest BCUT2D eigenvalue weighted by molar-refractivity contribution is 7.13. The molecule has 1 aliphatic heterocycles. The molecule has 126 valence electrons. The zero-order chi connectivity index (χ0) is 17.1. The predicted molar refractivity (Wildman–Crippen MR) is 93.7 cm³/mol. The van der Waals surface area contributed by atoms with E-state index in [2.05, 4.69) is 33.4 Å². The lowest BCUT2D eigenvalue weighted by Crippen LogP contribution is -2.44. The number of hydrogen-bond donors (Lipinski definition) is 2. The fourth-order valence-electron chi connectivity index (χ4n) is 2.85. The quantitative estimate of drug-likeness (QED) is 0.861. The third kappa shape index (κ3) is 3.80. The first-order chi connectivity index (χ1) is 11.5. The van der Waals surface area contributed by atoms with Crippen LogP contribution in [0.3, 0.4) is 0 Å². The molecule has 0 saturated carbocycles. The lowest BCUT2D eigenvalue weighted by molar-refractivity contribution is -0.121. The van der Waals surface area contributed by atoms with Crippen LogP contribution in [0.25, 0.3) is 0 Å². The fraction of sp³-hybridized carbons (Fsp3) is 0.353. The minimum atomic E-state index is -0.432. The van der Waals surface area contributed by atoms with Crippen molar-refractivity contribution in [2.24, 2.45) is 5.73 Å². The smallest absolute Gasteiger partial charge is 0.243 e. The number of nitrogens with two attached hydrogens (primary N) is 1. The lowest BCUT2D eigenvalue weighted by Gasteiger charge is -2.32. The van der Waals surface area contributed by atoms with E-state index in [4.69, 9.17) is 5.73 Å². The van der Waals surface area contributed by atoms with Gasteiger partial charge in [0.2, 0.25) is 11.8 Å². The SMILES string of the molecule is CC(C(=O)Nc1nc(CC(N)=O)cs1)N1CCc2ccccc2C1. The van der Waals surface area contributed by atoms with E-state index in [1.54, 1.807) is 5.38 Å². The number of thiazole rings is 1. The van der Waals surface area contributed by atoms with Crippen LogP contribution in [0.4, 0.5) is 5.13 Å². The number of nitrogens with one attached hydrogen (secondary N) is 1. The molecule has 1 unspecified atom stereocenters. The summed E-state index contributed by atoms with van der Waals surface area (Å²) in [4.78, 5) is 29.8. The third-order valence-corrected chi connectivity index (χ3v) is 5.03. The molecule has 1 atom stereocenters. The molecule has 0 fully saturated rings. The summed E-state index contributed by atoms with van der Waals surface area (Å²) in [6.07, 6.45) is 1.04. The average molecular weight is 344 g/mol. The second-order valence-corrected chi connectivity index (χ2v) is 6.80. The highest BCUT2D eigenvalue weighted by Gasteiger charge is 2.25. The molecule has 0 saturated heterocycles. The molecule has 0 bridgehead atoms. The number of amides is 2. The van der Waals surface area contributed by atoms with Crippen LogP contribution in [0, 0.1) is 0 Å². The fourth-order valence-corrected chi connectivity index (χ4v) is 3.56. The van der Waals surface area contributed by atoms with E-state index in [9.17, 15) is 9.59 Å². The minimum absolute atomic E-state index is 0.0881. The molecule has 2 aromatic rings. The van der Waals surface area contributed by atoms with Crippen molar-refractivity contribution >= 4 is 28.3 Å². The first-order valence-electron chi connectivity index (χ1n) is 7.87. The maximum Gasteiger partial charge on any atom is 0.243 e. The normalized spacial score (nSPS) is 15.5. The van der Waals surface area contributed by atoms with Crippen molar-refractivity contribution < 1.29 is 9.59 Å². The van der Waals surface area contributed by atoms with Crippen LogP contribution in [0.15, 0.2) is 29.6 Å². The van der Waals surface area contributed by atoms with Crippen LogP contribution in [0.5, 0.6) is 0 Å². The van der Waals surface area contributed by atoms with Gasteiger partial charge in [0.05, 0.1) is 18.2 Å². The van der Waals surface area contributed by atoms with Gasteiger partial charge in [-0.2, -0.15) is 0 Å². The molecule has 3 rings (SSSR count). The zero-order valence-corrected chi connectivity index (χ0v) is 14.3. The first kappa shape index (κ1) is 16.6. The molecule has 3 N–H and O–H groups in total. The van der Waals surface area contributed by atoms with Crippen LogP contribution in [-0.4, -0.2) is 34.3 Å². The molecular formula is C17H20N4O2S.